The second kappa shape index (κ2) is 9.47. The third kappa shape index (κ3) is 4.81. The second-order valence-electron chi connectivity index (χ2n) is 8.19. The number of likely N-dealkylation sites (tertiary alicyclic amines) is 1. The van der Waals surface area contributed by atoms with Crippen LogP contribution in [0.1, 0.15) is 39.6 Å². The molecule has 1 saturated heterocycles. The highest BCUT2D eigenvalue weighted by molar-refractivity contribution is 5.94. The van der Waals surface area contributed by atoms with Gasteiger partial charge in [0.15, 0.2) is 5.65 Å². The Morgan fingerprint density at radius 1 is 1.03 bits per heavy atom. The van der Waals surface area contributed by atoms with Gasteiger partial charge in [0, 0.05) is 37.9 Å². The van der Waals surface area contributed by atoms with Gasteiger partial charge in [0.1, 0.15) is 5.75 Å². The van der Waals surface area contributed by atoms with E-state index in [1.54, 1.807) is 0 Å². The van der Waals surface area contributed by atoms with Crippen LogP contribution < -0.4 is 15.9 Å². The zero-order valence-electron chi connectivity index (χ0n) is 19.2. The number of ether oxygens (including phenoxy) is 2. The molecule has 13 heteroatoms. The lowest BCUT2D eigenvalue weighted by Gasteiger charge is -2.33. The Morgan fingerprint density at radius 2 is 1.67 bits per heavy atom. The maximum Gasteiger partial charge on any atom is 0.573 e. The molecule has 0 radical (unpaired) electrons. The van der Waals surface area contributed by atoms with Gasteiger partial charge in [-0.2, -0.15) is 0 Å². The molecule has 1 amide bonds. The number of hydrogen-bond donors (Lipinski definition) is 0. The number of pyridine rings is 1. The number of carbonyl (C=O) groups excluding carboxylic acids is 2. The number of fused-ring (bicyclic) bond motifs is 1. The van der Waals surface area contributed by atoms with Gasteiger partial charge in [0.05, 0.1) is 18.2 Å². The van der Waals surface area contributed by atoms with E-state index in [-0.39, 0.29) is 41.3 Å². The van der Waals surface area contributed by atoms with Gasteiger partial charge in [0.2, 0.25) is 0 Å². The summed E-state index contributed by atoms with van der Waals surface area (Å²) in [7, 11) is 2.62. The summed E-state index contributed by atoms with van der Waals surface area (Å²) in [6.07, 6.45) is -2.89. The molecule has 1 fully saturated rings. The molecule has 1 aliphatic heterocycles. The van der Waals surface area contributed by atoms with E-state index in [1.807, 2.05) is 0 Å². The van der Waals surface area contributed by atoms with Crippen molar-refractivity contribution in [3.63, 3.8) is 0 Å². The van der Waals surface area contributed by atoms with E-state index in [0.29, 0.717) is 12.8 Å². The van der Waals surface area contributed by atoms with Crippen LogP contribution in [0.4, 0.5) is 13.2 Å². The molecule has 1 aliphatic rings. The number of amides is 1. The molecular weight excluding hydrogens is 485 g/mol. The molecule has 10 nitrogen and oxygen atoms in total. The fourth-order valence-corrected chi connectivity index (χ4v) is 4.21. The minimum atomic E-state index is -4.83. The zero-order valence-corrected chi connectivity index (χ0v) is 19.2. The minimum Gasteiger partial charge on any atom is -0.465 e. The molecule has 0 saturated carbocycles. The molecule has 0 N–H and O–H groups in total. The second-order valence-corrected chi connectivity index (χ2v) is 8.19. The molecule has 3 heterocycles. The van der Waals surface area contributed by atoms with Gasteiger partial charge in [-0.15, -0.1) is 13.2 Å². The van der Waals surface area contributed by atoms with Crippen LogP contribution >= 0.6 is 0 Å². The third-order valence-corrected chi connectivity index (χ3v) is 6.02. The zero-order chi connectivity index (χ0) is 26.2. The van der Waals surface area contributed by atoms with Crippen LogP contribution in [0.5, 0.6) is 5.75 Å². The van der Waals surface area contributed by atoms with Crippen molar-refractivity contribution in [1.82, 2.24) is 19.0 Å². The van der Waals surface area contributed by atoms with Crippen molar-refractivity contribution in [2.24, 2.45) is 7.05 Å². The SMILES string of the molecule is COC(=O)c1cnc2c(c1)n(C)c(=O)c(=O)n2C1CCN(C(=O)c2ccc(OC(F)(F)F)cc2)CC1. The minimum absolute atomic E-state index is 0.122. The molecular formula is C23H21F3N4O6. The first-order chi connectivity index (χ1) is 17.0. The molecule has 0 atom stereocenters. The first kappa shape index (κ1) is 24.9. The van der Waals surface area contributed by atoms with Crippen molar-refractivity contribution in [3.05, 3.63) is 68.4 Å². The third-order valence-electron chi connectivity index (χ3n) is 6.02. The number of alkyl halides is 3. The summed E-state index contributed by atoms with van der Waals surface area (Å²) in [4.78, 5) is 56.0. The van der Waals surface area contributed by atoms with Gasteiger partial charge in [-0.1, -0.05) is 0 Å². The largest absolute Gasteiger partial charge is 0.573 e. The number of aromatic nitrogens is 3. The van der Waals surface area contributed by atoms with Crippen molar-refractivity contribution >= 4 is 23.0 Å². The number of aryl methyl sites for hydroxylation is 1. The van der Waals surface area contributed by atoms with E-state index in [2.05, 4.69) is 9.72 Å². The summed E-state index contributed by atoms with van der Waals surface area (Å²) in [6.45, 7) is 0.487. The number of methoxy groups -OCH3 is 1. The van der Waals surface area contributed by atoms with E-state index in [9.17, 15) is 32.3 Å². The number of carbonyl (C=O) groups is 2. The Bertz CT molecular complexity index is 1440. The Labute approximate surface area is 201 Å². The van der Waals surface area contributed by atoms with E-state index in [1.165, 1.54) is 48.0 Å². The van der Waals surface area contributed by atoms with E-state index in [0.717, 1.165) is 16.7 Å². The van der Waals surface area contributed by atoms with Crippen LogP contribution in [0.25, 0.3) is 11.2 Å². The number of esters is 1. The van der Waals surface area contributed by atoms with Crippen molar-refractivity contribution in [2.75, 3.05) is 20.2 Å². The van der Waals surface area contributed by atoms with Crippen LogP contribution in [0.15, 0.2) is 46.1 Å². The summed E-state index contributed by atoms with van der Waals surface area (Å²) < 4.78 is 48.0. The van der Waals surface area contributed by atoms with Gasteiger partial charge in [-0.3, -0.25) is 19.0 Å². The lowest BCUT2D eigenvalue weighted by atomic mass is 10.0. The van der Waals surface area contributed by atoms with Crippen LogP contribution in [0, 0.1) is 0 Å². The summed E-state index contributed by atoms with van der Waals surface area (Å²) in [5.74, 6) is -1.45. The number of piperidine rings is 1. The van der Waals surface area contributed by atoms with Crippen molar-refractivity contribution in [2.45, 2.75) is 25.2 Å². The summed E-state index contributed by atoms with van der Waals surface area (Å²) in [5, 5.41) is 0. The van der Waals surface area contributed by atoms with E-state index >= 15 is 0 Å². The van der Waals surface area contributed by atoms with Gasteiger partial charge >= 0.3 is 23.5 Å². The summed E-state index contributed by atoms with van der Waals surface area (Å²) in [6, 6.07) is 5.61. The Hall–Kier alpha value is -4.16. The summed E-state index contributed by atoms with van der Waals surface area (Å²) in [5.41, 5.74) is -0.741. The first-order valence-corrected chi connectivity index (χ1v) is 10.8. The number of halogens is 3. The molecule has 190 valence electrons. The number of benzene rings is 1. The molecule has 36 heavy (non-hydrogen) atoms. The van der Waals surface area contributed by atoms with E-state index < -0.39 is 35.2 Å². The van der Waals surface area contributed by atoms with Crippen molar-refractivity contribution in [1.29, 1.82) is 0 Å². The van der Waals surface area contributed by atoms with E-state index in [4.69, 9.17) is 4.74 Å². The first-order valence-electron chi connectivity index (χ1n) is 10.8. The highest BCUT2D eigenvalue weighted by Crippen LogP contribution is 2.26. The molecule has 0 bridgehead atoms. The lowest BCUT2D eigenvalue weighted by Crippen LogP contribution is -2.46. The molecule has 2 aromatic heterocycles. The number of rotatable bonds is 4. The lowest BCUT2D eigenvalue weighted by molar-refractivity contribution is -0.274. The predicted octanol–water partition coefficient (Wildman–Crippen LogP) is 2.26. The van der Waals surface area contributed by atoms with Gasteiger partial charge < -0.3 is 18.9 Å². The molecule has 0 aliphatic carbocycles. The molecule has 4 rings (SSSR count). The number of hydrogen-bond acceptors (Lipinski definition) is 7. The number of nitrogens with zero attached hydrogens (tertiary/aromatic N) is 4. The highest BCUT2D eigenvalue weighted by Gasteiger charge is 2.31. The average molecular weight is 506 g/mol. The topological polar surface area (TPSA) is 113 Å². The van der Waals surface area contributed by atoms with Crippen LogP contribution in [-0.2, 0) is 11.8 Å². The van der Waals surface area contributed by atoms with Gasteiger partial charge in [-0.25, -0.2) is 9.78 Å². The smallest absolute Gasteiger partial charge is 0.465 e. The molecule has 0 unspecified atom stereocenters. The predicted molar refractivity (Wildman–Crippen MR) is 120 cm³/mol. The molecule has 3 aromatic rings. The fourth-order valence-electron chi connectivity index (χ4n) is 4.21. The highest BCUT2D eigenvalue weighted by atomic mass is 19.4. The van der Waals surface area contributed by atoms with Crippen LogP contribution in [0.3, 0.4) is 0 Å². The quantitative estimate of drug-likeness (QED) is 0.394. The molecule has 1 aromatic carbocycles. The maximum atomic E-state index is 12.9. The average Bonchev–Trinajstić information content (AvgIpc) is 2.86. The van der Waals surface area contributed by atoms with Crippen LogP contribution in [0.2, 0.25) is 0 Å². The maximum absolute atomic E-state index is 12.9. The summed E-state index contributed by atoms with van der Waals surface area (Å²) >= 11 is 0. The van der Waals surface area contributed by atoms with Crippen molar-refractivity contribution < 1.29 is 32.2 Å². The van der Waals surface area contributed by atoms with Crippen LogP contribution in [-0.4, -0.2) is 57.5 Å². The molecule has 0 spiro atoms. The monoisotopic (exact) mass is 506 g/mol. The Morgan fingerprint density at radius 3 is 2.25 bits per heavy atom. The Kier molecular flexibility index (Phi) is 6.57. The van der Waals surface area contributed by atoms with Gasteiger partial charge in [0.25, 0.3) is 5.91 Å². The van der Waals surface area contributed by atoms with Gasteiger partial charge in [-0.05, 0) is 43.2 Å². The standard InChI is InChI=1S/C23H21F3N4O6/c1-28-17-11-14(22(34)35-2)12-27-18(17)30(21(33)20(28)32)15-7-9-29(10-8-15)19(31)13-3-5-16(6-4-13)36-23(24,25)26/h3-6,11-12,15H,7-10H2,1-2H3. The van der Waals surface area contributed by atoms with Crippen molar-refractivity contribution in [3.8, 4) is 5.75 Å². The fraction of sp³-hybridized carbons (Fsp3) is 0.348. The Balaban J connectivity index is 1.56. The normalized spacial score (nSPS) is 14.6.